The maximum absolute atomic E-state index is 13.1. The molecule has 4 rings (SSSR count). The SMILES string of the molecule is N#CC(C(=O)c1cccc(-n2nccc2C(F)(F)F)c1)c1nc(C2CC2)cs1. The molecule has 0 spiro atoms. The van der Waals surface area contributed by atoms with Crippen LogP contribution in [0.1, 0.15) is 51.4 Å². The standard InChI is InChI=1S/C19H13F3N4OS/c20-19(21,22)16-6-7-24-26(16)13-3-1-2-12(8-13)17(27)14(9-23)18-25-15(10-28-18)11-4-5-11/h1-3,6-8,10-11,14H,4-5H2. The van der Waals surface area contributed by atoms with Crippen LogP contribution in [-0.2, 0) is 6.18 Å². The molecule has 142 valence electrons. The van der Waals surface area contributed by atoms with Crippen molar-refractivity contribution in [2.24, 2.45) is 0 Å². The number of Topliss-reactive ketones (excluding diaryl/α,β-unsaturated/α-hetero) is 1. The number of benzene rings is 1. The topological polar surface area (TPSA) is 71.6 Å². The number of alkyl halides is 3. The van der Waals surface area contributed by atoms with Crippen LogP contribution in [0.25, 0.3) is 5.69 Å². The van der Waals surface area contributed by atoms with Crippen LogP contribution in [0, 0.1) is 11.3 Å². The van der Waals surface area contributed by atoms with Gasteiger partial charge in [-0.2, -0.15) is 23.5 Å². The summed E-state index contributed by atoms with van der Waals surface area (Å²) >= 11 is 1.26. The zero-order valence-electron chi connectivity index (χ0n) is 14.3. The minimum atomic E-state index is -4.58. The summed E-state index contributed by atoms with van der Waals surface area (Å²) in [5.74, 6) is -1.18. The smallest absolute Gasteiger partial charge is 0.292 e. The maximum atomic E-state index is 13.1. The molecule has 1 aromatic carbocycles. The number of thiazole rings is 1. The number of hydrogen-bond donors (Lipinski definition) is 0. The summed E-state index contributed by atoms with van der Waals surface area (Å²) in [5.41, 5.74) is 0.185. The quantitative estimate of drug-likeness (QED) is 0.579. The lowest BCUT2D eigenvalue weighted by atomic mass is 9.99. The minimum Gasteiger partial charge on any atom is -0.292 e. The molecule has 0 saturated heterocycles. The largest absolute Gasteiger partial charge is 0.433 e. The Labute approximate surface area is 162 Å². The van der Waals surface area contributed by atoms with Gasteiger partial charge in [-0.15, -0.1) is 11.3 Å². The van der Waals surface area contributed by atoms with E-state index in [2.05, 4.69) is 10.1 Å². The Hall–Kier alpha value is -2.99. The van der Waals surface area contributed by atoms with Crippen molar-refractivity contribution in [2.45, 2.75) is 30.9 Å². The number of halogens is 3. The molecule has 2 heterocycles. The number of nitrogens with zero attached hydrogens (tertiary/aromatic N) is 4. The highest BCUT2D eigenvalue weighted by Crippen LogP contribution is 2.41. The van der Waals surface area contributed by atoms with Crippen molar-refractivity contribution in [2.75, 3.05) is 0 Å². The van der Waals surface area contributed by atoms with Crippen LogP contribution in [0.4, 0.5) is 13.2 Å². The summed E-state index contributed by atoms with van der Waals surface area (Å²) in [6.07, 6.45) is -1.42. The average molecular weight is 402 g/mol. The molecule has 1 fully saturated rings. The van der Waals surface area contributed by atoms with Gasteiger partial charge in [0.2, 0.25) is 0 Å². The predicted octanol–water partition coefficient (Wildman–Crippen LogP) is 4.72. The van der Waals surface area contributed by atoms with Gasteiger partial charge < -0.3 is 0 Å². The van der Waals surface area contributed by atoms with Crippen LogP contribution < -0.4 is 0 Å². The molecule has 1 unspecified atom stereocenters. The maximum Gasteiger partial charge on any atom is 0.433 e. The van der Waals surface area contributed by atoms with E-state index in [1.54, 1.807) is 0 Å². The van der Waals surface area contributed by atoms with Crippen LogP contribution in [0.3, 0.4) is 0 Å². The summed E-state index contributed by atoms with van der Waals surface area (Å²) in [5, 5.41) is 15.5. The third-order valence-electron chi connectivity index (χ3n) is 4.48. The van der Waals surface area contributed by atoms with Crippen molar-refractivity contribution in [1.82, 2.24) is 14.8 Å². The highest BCUT2D eigenvalue weighted by Gasteiger charge is 2.35. The molecule has 0 amide bonds. The van der Waals surface area contributed by atoms with Gasteiger partial charge in [0.05, 0.1) is 23.6 Å². The first kappa shape index (κ1) is 18.4. The molecule has 5 nitrogen and oxygen atoms in total. The monoisotopic (exact) mass is 402 g/mol. The third-order valence-corrected chi connectivity index (χ3v) is 5.41. The van der Waals surface area contributed by atoms with Crippen LogP contribution in [-0.4, -0.2) is 20.5 Å². The molecular weight excluding hydrogens is 389 g/mol. The molecule has 1 atom stereocenters. The first-order valence-corrected chi connectivity index (χ1v) is 9.37. The van der Waals surface area contributed by atoms with Gasteiger partial charge in [0.15, 0.2) is 11.7 Å². The fraction of sp³-hybridized carbons (Fsp3) is 0.263. The molecular formula is C19H13F3N4OS. The van der Waals surface area contributed by atoms with E-state index in [1.807, 2.05) is 11.4 Å². The second kappa shape index (κ2) is 6.87. The van der Waals surface area contributed by atoms with Gasteiger partial charge >= 0.3 is 6.18 Å². The Kier molecular flexibility index (Phi) is 4.51. The van der Waals surface area contributed by atoms with E-state index in [0.717, 1.165) is 35.5 Å². The average Bonchev–Trinajstić information content (AvgIpc) is 3.19. The van der Waals surface area contributed by atoms with E-state index in [0.29, 0.717) is 10.9 Å². The lowest BCUT2D eigenvalue weighted by molar-refractivity contribution is -0.142. The lowest BCUT2D eigenvalue weighted by Gasteiger charge is -2.12. The van der Waals surface area contributed by atoms with E-state index in [-0.39, 0.29) is 11.3 Å². The number of aromatic nitrogens is 3. The Bertz CT molecular complexity index is 1080. The summed E-state index contributed by atoms with van der Waals surface area (Å²) in [7, 11) is 0. The molecule has 2 aromatic heterocycles. The normalized spacial score (nSPS) is 15.2. The van der Waals surface area contributed by atoms with E-state index >= 15 is 0 Å². The second-order valence-corrected chi connectivity index (χ2v) is 7.38. The minimum absolute atomic E-state index is 0.0951. The molecule has 0 aliphatic heterocycles. The Morgan fingerprint density at radius 3 is 2.79 bits per heavy atom. The third kappa shape index (κ3) is 3.43. The first-order valence-electron chi connectivity index (χ1n) is 8.49. The van der Waals surface area contributed by atoms with E-state index in [9.17, 15) is 23.2 Å². The number of ketones is 1. The van der Waals surface area contributed by atoms with Crippen molar-refractivity contribution < 1.29 is 18.0 Å². The van der Waals surface area contributed by atoms with Crippen LogP contribution in [0.15, 0.2) is 41.9 Å². The van der Waals surface area contributed by atoms with E-state index < -0.39 is 23.6 Å². The molecule has 3 aromatic rings. The highest BCUT2D eigenvalue weighted by atomic mass is 32.1. The van der Waals surface area contributed by atoms with Crippen molar-refractivity contribution in [1.29, 1.82) is 5.26 Å². The predicted molar refractivity (Wildman–Crippen MR) is 95.3 cm³/mol. The highest BCUT2D eigenvalue weighted by molar-refractivity contribution is 7.10. The number of carbonyl (C=O) groups excluding carboxylic acids is 1. The van der Waals surface area contributed by atoms with E-state index in [1.165, 1.54) is 35.6 Å². The number of carbonyl (C=O) groups is 1. The molecule has 28 heavy (non-hydrogen) atoms. The van der Waals surface area contributed by atoms with Gasteiger partial charge in [-0.1, -0.05) is 12.1 Å². The van der Waals surface area contributed by atoms with Gasteiger partial charge in [0, 0.05) is 16.9 Å². The van der Waals surface area contributed by atoms with Crippen molar-refractivity contribution in [3.8, 4) is 11.8 Å². The molecule has 9 heteroatoms. The second-order valence-electron chi connectivity index (χ2n) is 6.49. The molecule has 1 aliphatic carbocycles. The van der Waals surface area contributed by atoms with Gasteiger partial charge in [-0.25, -0.2) is 9.67 Å². The van der Waals surface area contributed by atoms with Gasteiger partial charge in [0.1, 0.15) is 10.7 Å². The first-order chi connectivity index (χ1) is 13.4. The summed E-state index contributed by atoms with van der Waals surface area (Å²) in [4.78, 5) is 17.3. The number of hydrogen-bond acceptors (Lipinski definition) is 5. The molecule has 1 aliphatic rings. The fourth-order valence-corrected chi connectivity index (χ4v) is 3.85. The molecule has 0 bridgehead atoms. The Morgan fingerprint density at radius 2 is 2.11 bits per heavy atom. The van der Waals surface area contributed by atoms with E-state index in [4.69, 9.17) is 0 Å². The number of rotatable bonds is 5. The Balaban J connectivity index is 1.66. The summed E-state index contributed by atoms with van der Waals surface area (Å²) < 4.78 is 40.1. The van der Waals surface area contributed by atoms with Crippen LogP contribution in [0.2, 0.25) is 0 Å². The summed E-state index contributed by atoms with van der Waals surface area (Å²) in [6, 6.07) is 8.52. The van der Waals surface area contributed by atoms with Crippen LogP contribution in [0.5, 0.6) is 0 Å². The van der Waals surface area contributed by atoms with Crippen molar-refractivity contribution >= 4 is 17.1 Å². The van der Waals surface area contributed by atoms with Gasteiger partial charge in [0.25, 0.3) is 0 Å². The van der Waals surface area contributed by atoms with Crippen LogP contribution >= 0.6 is 11.3 Å². The van der Waals surface area contributed by atoms with Crippen molar-refractivity contribution in [3.05, 3.63) is 63.9 Å². The fourth-order valence-electron chi connectivity index (χ4n) is 2.91. The Morgan fingerprint density at radius 1 is 1.32 bits per heavy atom. The lowest BCUT2D eigenvalue weighted by Crippen LogP contribution is -2.15. The zero-order valence-corrected chi connectivity index (χ0v) is 15.2. The number of nitriles is 1. The zero-order chi connectivity index (χ0) is 19.9. The van der Waals surface area contributed by atoms with Gasteiger partial charge in [-0.05, 0) is 31.0 Å². The molecule has 0 N–H and O–H groups in total. The summed E-state index contributed by atoms with van der Waals surface area (Å²) in [6.45, 7) is 0. The van der Waals surface area contributed by atoms with Gasteiger partial charge in [-0.3, -0.25) is 4.79 Å². The van der Waals surface area contributed by atoms with Crippen molar-refractivity contribution in [3.63, 3.8) is 0 Å². The molecule has 1 saturated carbocycles. The molecule has 0 radical (unpaired) electrons.